The number of aliphatic hydroxyl groups excluding tert-OH is 5. The molecule has 390 valence electrons. The number of rotatable bonds is 49. The zero-order chi connectivity index (χ0) is 48.0. The lowest BCUT2D eigenvalue weighted by Gasteiger charge is -2.40. The van der Waals surface area contributed by atoms with Crippen LogP contribution in [0.15, 0.2) is 24.3 Å². The molecule has 6 N–H and O–H groups in total. The maximum atomic E-state index is 13.0. The van der Waals surface area contributed by atoms with E-state index in [-0.39, 0.29) is 12.5 Å². The molecule has 0 saturated carbocycles. The van der Waals surface area contributed by atoms with Crippen molar-refractivity contribution in [3.63, 3.8) is 0 Å². The minimum absolute atomic E-state index is 0.174. The van der Waals surface area contributed by atoms with Crippen LogP contribution in [0.2, 0.25) is 0 Å². The number of ether oxygens (including phenoxy) is 2. The van der Waals surface area contributed by atoms with Gasteiger partial charge in [0, 0.05) is 6.42 Å². The van der Waals surface area contributed by atoms with E-state index in [2.05, 4.69) is 31.3 Å². The summed E-state index contributed by atoms with van der Waals surface area (Å²) in [4.78, 5) is 13.0. The summed E-state index contributed by atoms with van der Waals surface area (Å²) in [6, 6.07) is -0.801. The van der Waals surface area contributed by atoms with Crippen molar-refractivity contribution in [1.29, 1.82) is 0 Å². The fourth-order valence-electron chi connectivity index (χ4n) is 9.21. The summed E-state index contributed by atoms with van der Waals surface area (Å²) >= 11 is 0. The van der Waals surface area contributed by atoms with Gasteiger partial charge in [-0.25, -0.2) is 0 Å². The van der Waals surface area contributed by atoms with Crippen molar-refractivity contribution in [3.8, 4) is 0 Å². The topological polar surface area (TPSA) is 149 Å². The van der Waals surface area contributed by atoms with Gasteiger partial charge in [0.05, 0.1) is 25.4 Å². The molecular weight excluding hydrogens is 827 g/mol. The Bertz CT molecular complexity index is 1090. The van der Waals surface area contributed by atoms with Gasteiger partial charge in [0.1, 0.15) is 24.4 Å². The molecule has 0 bridgehead atoms. The summed E-state index contributed by atoms with van der Waals surface area (Å²) in [5.41, 5.74) is 0. The normalized spacial score (nSPS) is 19.9. The molecule has 1 aliphatic heterocycles. The monoisotopic (exact) mass is 936 g/mol. The first kappa shape index (κ1) is 62.7. The van der Waals surface area contributed by atoms with Crippen molar-refractivity contribution < 1.29 is 39.8 Å². The largest absolute Gasteiger partial charge is 0.394 e. The van der Waals surface area contributed by atoms with E-state index in [1.54, 1.807) is 6.08 Å². The maximum absolute atomic E-state index is 13.0. The van der Waals surface area contributed by atoms with E-state index in [0.717, 1.165) is 38.5 Å². The predicted octanol–water partition coefficient (Wildman–Crippen LogP) is 13.8. The van der Waals surface area contributed by atoms with E-state index in [0.29, 0.717) is 6.42 Å². The maximum Gasteiger partial charge on any atom is 0.220 e. The summed E-state index contributed by atoms with van der Waals surface area (Å²) < 4.78 is 11.2. The first-order valence-electron chi connectivity index (χ1n) is 28.6. The van der Waals surface area contributed by atoms with Gasteiger partial charge in [-0.2, -0.15) is 0 Å². The van der Waals surface area contributed by atoms with Crippen LogP contribution in [0.4, 0.5) is 0 Å². The molecule has 9 heteroatoms. The van der Waals surface area contributed by atoms with Gasteiger partial charge in [-0.15, -0.1) is 0 Å². The standard InChI is InChI=1S/C57H109NO8/c1-3-5-7-9-11-13-15-17-18-19-20-21-22-23-24-25-26-27-28-29-30-31-32-33-34-35-37-39-41-43-45-47-53(61)58-50(49-65-57-56(64)55(63)54(62)52(48-59)66-57)51(60)46-44-42-40-38-36-16-14-12-10-8-6-4-2/h23-24,44,46,50-52,54-57,59-60,62-64H,3-22,25-43,45,47-49H2,1-2H3,(H,58,61)/b24-23-,46-44+. The number of carbonyl (C=O) groups is 1. The van der Waals surface area contributed by atoms with E-state index in [9.17, 15) is 30.3 Å². The van der Waals surface area contributed by atoms with Crippen LogP contribution in [0, 0.1) is 0 Å². The summed E-state index contributed by atoms with van der Waals surface area (Å²) in [6.45, 7) is 3.79. The van der Waals surface area contributed by atoms with Crippen molar-refractivity contribution in [2.45, 2.75) is 320 Å². The van der Waals surface area contributed by atoms with Crippen LogP contribution in [-0.4, -0.2) is 87.5 Å². The lowest BCUT2D eigenvalue weighted by Crippen LogP contribution is -2.60. The third-order valence-electron chi connectivity index (χ3n) is 13.8. The third kappa shape index (κ3) is 36.6. The van der Waals surface area contributed by atoms with Crippen LogP contribution in [0.25, 0.3) is 0 Å². The predicted molar refractivity (Wildman–Crippen MR) is 277 cm³/mol. The van der Waals surface area contributed by atoms with Gasteiger partial charge >= 0.3 is 0 Å². The number of allylic oxidation sites excluding steroid dienone is 3. The second-order valence-corrected chi connectivity index (χ2v) is 20.1. The zero-order valence-corrected chi connectivity index (χ0v) is 43.2. The fraction of sp³-hybridized carbons (Fsp3) is 0.912. The first-order chi connectivity index (χ1) is 32.3. The highest BCUT2D eigenvalue weighted by Crippen LogP contribution is 2.23. The second-order valence-electron chi connectivity index (χ2n) is 20.1. The van der Waals surface area contributed by atoms with Gasteiger partial charge in [-0.1, -0.05) is 250 Å². The summed E-state index contributed by atoms with van der Waals surface area (Å²) in [6.07, 6.45) is 52.6. The molecule has 1 aliphatic rings. The van der Waals surface area contributed by atoms with Crippen LogP contribution in [0.5, 0.6) is 0 Å². The Morgan fingerprint density at radius 2 is 0.848 bits per heavy atom. The van der Waals surface area contributed by atoms with Crippen LogP contribution in [0.1, 0.15) is 277 Å². The molecule has 7 atom stereocenters. The average molecular weight is 936 g/mol. The van der Waals surface area contributed by atoms with Crippen LogP contribution < -0.4 is 5.32 Å². The number of aliphatic hydroxyl groups is 5. The summed E-state index contributed by atoms with van der Waals surface area (Å²) in [5, 5.41) is 54.3. The first-order valence-corrected chi connectivity index (χ1v) is 28.6. The number of hydrogen-bond acceptors (Lipinski definition) is 8. The van der Waals surface area contributed by atoms with Crippen LogP contribution in [0.3, 0.4) is 0 Å². The van der Waals surface area contributed by atoms with Crippen molar-refractivity contribution in [2.75, 3.05) is 13.2 Å². The van der Waals surface area contributed by atoms with Gasteiger partial charge in [0.2, 0.25) is 5.91 Å². The van der Waals surface area contributed by atoms with Crippen molar-refractivity contribution >= 4 is 5.91 Å². The molecule has 9 nitrogen and oxygen atoms in total. The number of carbonyl (C=O) groups excluding carboxylic acids is 1. The average Bonchev–Trinajstić information content (AvgIpc) is 3.32. The smallest absolute Gasteiger partial charge is 0.220 e. The van der Waals surface area contributed by atoms with Crippen molar-refractivity contribution in [2.24, 2.45) is 0 Å². The van der Waals surface area contributed by atoms with E-state index in [1.807, 2.05) is 6.08 Å². The molecule has 0 aliphatic carbocycles. The fourth-order valence-corrected chi connectivity index (χ4v) is 9.21. The minimum atomic E-state index is -1.56. The van der Waals surface area contributed by atoms with E-state index >= 15 is 0 Å². The minimum Gasteiger partial charge on any atom is -0.394 e. The molecule has 1 saturated heterocycles. The Morgan fingerprint density at radius 1 is 0.500 bits per heavy atom. The van der Waals surface area contributed by atoms with Crippen molar-refractivity contribution in [3.05, 3.63) is 24.3 Å². The SMILES string of the molecule is CCCCCCCCCCCC/C=C/C(O)C(COC1OC(CO)C(O)C(O)C1O)NC(=O)CCCCCCCCCCCCCCCCC/C=C\CCCCCCCCCCCCCC. The van der Waals surface area contributed by atoms with Gasteiger partial charge in [0.15, 0.2) is 6.29 Å². The molecule has 0 aromatic heterocycles. The van der Waals surface area contributed by atoms with E-state index in [4.69, 9.17) is 9.47 Å². The molecule has 66 heavy (non-hydrogen) atoms. The highest BCUT2D eigenvalue weighted by atomic mass is 16.7. The molecule has 0 radical (unpaired) electrons. The molecule has 0 aromatic rings. The lowest BCUT2D eigenvalue weighted by atomic mass is 9.99. The third-order valence-corrected chi connectivity index (χ3v) is 13.8. The summed E-state index contributed by atoms with van der Waals surface area (Å²) in [7, 11) is 0. The van der Waals surface area contributed by atoms with E-state index < -0.39 is 49.5 Å². The highest BCUT2D eigenvalue weighted by molar-refractivity contribution is 5.76. The zero-order valence-electron chi connectivity index (χ0n) is 43.2. The van der Waals surface area contributed by atoms with Gasteiger partial charge < -0.3 is 40.3 Å². The Hall–Kier alpha value is -1.33. The quantitative estimate of drug-likeness (QED) is 0.0261. The number of unbranched alkanes of at least 4 members (excludes halogenated alkanes) is 37. The Balaban J connectivity index is 2.12. The molecule has 0 spiro atoms. The highest BCUT2D eigenvalue weighted by Gasteiger charge is 2.44. The van der Waals surface area contributed by atoms with Gasteiger partial charge in [-0.3, -0.25) is 4.79 Å². The van der Waals surface area contributed by atoms with E-state index in [1.165, 1.54) is 218 Å². The molecule has 1 heterocycles. The number of amides is 1. The van der Waals surface area contributed by atoms with Gasteiger partial charge in [-0.05, 0) is 44.9 Å². The lowest BCUT2D eigenvalue weighted by molar-refractivity contribution is -0.302. The molecule has 1 fully saturated rings. The Labute approximate surface area is 407 Å². The number of nitrogens with one attached hydrogen (secondary N) is 1. The van der Waals surface area contributed by atoms with Crippen LogP contribution in [-0.2, 0) is 14.3 Å². The van der Waals surface area contributed by atoms with Crippen LogP contribution >= 0.6 is 0 Å². The number of hydrogen-bond donors (Lipinski definition) is 6. The Kier molecular flexibility index (Phi) is 45.0. The molecule has 1 amide bonds. The summed E-state index contributed by atoms with van der Waals surface area (Å²) in [5.74, 6) is -0.174. The van der Waals surface area contributed by atoms with Gasteiger partial charge in [0.25, 0.3) is 0 Å². The van der Waals surface area contributed by atoms with Crippen molar-refractivity contribution in [1.82, 2.24) is 5.32 Å². The molecule has 0 aromatic carbocycles. The second kappa shape index (κ2) is 47.4. The molecular formula is C57H109NO8. The Morgan fingerprint density at radius 3 is 1.23 bits per heavy atom. The molecule has 1 rings (SSSR count). The molecule has 7 unspecified atom stereocenters.